The Morgan fingerprint density at radius 3 is 3.09 bits per heavy atom. The van der Waals surface area contributed by atoms with Crippen LogP contribution in [0, 0.1) is 0 Å². The average molecular weight is 348 g/mol. The highest BCUT2D eigenvalue weighted by atomic mass is 35.5. The third kappa shape index (κ3) is 3.29. The maximum absolute atomic E-state index is 5.99. The minimum atomic E-state index is 0.114. The van der Waals surface area contributed by atoms with Crippen LogP contribution in [0.3, 0.4) is 0 Å². The van der Waals surface area contributed by atoms with Crippen molar-refractivity contribution in [3.63, 3.8) is 0 Å². The summed E-state index contributed by atoms with van der Waals surface area (Å²) in [5, 5.41) is 7.65. The quantitative estimate of drug-likeness (QED) is 0.704. The number of benzene rings is 1. The Labute approximate surface area is 142 Å². The zero-order valence-corrected chi connectivity index (χ0v) is 13.8. The van der Waals surface area contributed by atoms with Gasteiger partial charge in [-0.15, -0.1) is 11.3 Å². The monoisotopic (exact) mass is 347 g/mol. The van der Waals surface area contributed by atoms with E-state index in [1.54, 1.807) is 11.3 Å². The Hall–Kier alpha value is -1.76. The van der Waals surface area contributed by atoms with Crippen LogP contribution in [0.4, 0.5) is 0 Å². The fourth-order valence-electron chi connectivity index (χ4n) is 2.57. The summed E-state index contributed by atoms with van der Waals surface area (Å²) >= 11 is 7.57. The van der Waals surface area contributed by atoms with Gasteiger partial charge in [-0.3, -0.25) is 0 Å². The fraction of sp³-hybridized carbons (Fsp3) is 0.312. The van der Waals surface area contributed by atoms with E-state index >= 15 is 0 Å². The van der Waals surface area contributed by atoms with Crippen molar-refractivity contribution in [2.24, 2.45) is 0 Å². The lowest BCUT2D eigenvalue weighted by Crippen LogP contribution is -1.94. The first-order valence-corrected chi connectivity index (χ1v) is 8.68. The normalized spacial score (nSPS) is 17.7. The number of hydrogen-bond acceptors (Lipinski definition) is 6. The third-order valence-corrected chi connectivity index (χ3v) is 4.84. The summed E-state index contributed by atoms with van der Waals surface area (Å²) in [4.78, 5) is 9.00. The number of aromatic nitrogens is 3. The Morgan fingerprint density at radius 2 is 2.26 bits per heavy atom. The molecule has 0 saturated carbocycles. The van der Waals surface area contributed by atoms with Gasteiger partial charge in [-0.05, 0) is 30.5 Å². The summed E-state index contributed by atoms with van der Waals surface area (Å²) in [6, 6.07) is 7.64. The van der Waals surface area contributed by atoms with Gasteiger partial charge in [-0.1, -0.05) is 28.9 Å². The van der Waals surface area contributed by atoms with Crippen LogP contribution >= 0.6 is 22.9 Å². The van der Waals surface area contributed by atoms with Crippen molar-refractivity contribution in [1.82, 2.24) is 15.1 Å². The van der Waals surface area contributed by atoms with Gasteiger partial charge in [0.15, 0.2) is 5.82 Å². The molecule has 0 spiro atoms. The zero-order valence-electron chi connectivity index (χ0n) is 12.2. The molecule has 3 heterocycles. The first-order chi connectivity index (χ1) is 11.3. The lowest BCUT2D eigenvalue weighted by atomic mass is 10.1. The molecule has 1 aliphatic rings. The van der Waals surface area contributed by atoms with Crippen molar-refractivity contribution in [1.29, 1.82) is 0 Å². The molecule has 0 amide bonds. The zero-order chi connectivity index (χ0) is 15.6. The maximum atomic E-state index is 5.99. The number of hydrogen-bond donors (Lipinski definition) is 0. The first-order valence-electron chi connectivity index (χ1n) is 7.42. The predicted octanol–water partition coefficient (Wildman–Crippen LogP) is 4.29. The third-order valence-electron chi connectivity index (χ3n) is 3.67. The fourth-order valence-corrected chi connectivity index (χ4v) is 3.65. The van der Waals surface area contributed by atoms with Crippen LogP contribution < -0.4 is 0 Å². The van der Waals surface area contributed by atoms with Gasteiger partial charge < -0.3 is 9.26 Å². The number of halogens is 1. The average Bonchev–Trinajstić information content (AvgIpc) is 3.28. The van der Waals surface area contributed by atoms with E-state index in [0.717, 1.165) is 30.0 Å². The second-order valence-corrected chi connectivity index (χ2v) is 6.72. The van der Waals surface area contributed by atoms with Crippen LogP contribution in [0.15, 0.2) is 34.2 Å². The summed E-state index contributed by atoms with van der Waals surface area (Å²) in [5.74, 6) is 1.07. The molecule has 0 radical (unpaired) electrons. The van der Waals surface area contributed by atoms with E-state index in [2.05, 4.69) is 15.1 Å². The van der Waals surface area contributed by atoms with Crippen LogP contribution in [-0.2, 0) is 11.2 Å². The Morgan fingerprint density at radius 1 is 1.30 bits per heavy atom. The molecule has 2 aromatic heterocycles. The van der Waals surface area contributed by atoms with Crippen molar-refractivity contribution in [3.05, 3.63) is 51.1 Å². The molecule has 0 N–H and O–H groups in total. The molecule has 1 unspecified atom stereocenters. The van der Waals surface area contributed by atoms with Crippen LogP contribution in [0.1, 0.15) is 35.3 Å². The van der Waals surface area contributed by atoms with Gasteiger partial charge in [0.1, 0.15) is 16.8 Å². The molecule has 1 fully saturated rings. The Kier molecular flexibility index (Phi) is 4.11. The molecule has 118 valence electrons. The van der Waals surface area contributed by atoms with Crippen molar-refractivity contribution < 1.29 is 9.26 Å². The molecule has 4 rings (SSSR count). The summed E-state index contributed by atoms with van der Waals surface area (Å²) in [6.07, 6.45) is 2.80. The lowest BCUT2D eigenvalue weighted by molar-refractivity contribution is 0.112. The molecule has 23 heavy (non-hydrogen) atoms. The molecule has 0 bridgehead atoms. The van der Waals surface area contributed by atoms with Gasteiger partial charge in [0.25, 0.3) is 5.89 Å². The number of nitrogens with zero attached hydrogens (tertiary/aromatic N) is 3. The van der Waals surface area contributed by atoms with E-state index in [4.69, 9.17) is 20.9 Å². The van der Waals surface area contributed by atoms with E-state index in [1.165, 1.54) is 0 Å². The number of thiazole rings is 1. The molecule has 7 heteroatoms. The lowest BCUT2D eigenvalue weighted by Gasteiger charge is -2.02. The van der Waals surface area contributed by atoms with Gasteiger partial charge in [0.05, 0.1) is 0 Å². The van der Waals surface area contributed by atoms with E-state index in [9.17, 15) is 0 Å². The van der Waals surface area contributed by atoms with Crippen LogP contribution in [0.25, 0.3) is 11.6 Å². The SMILES string of the molecule is Clc1cccc(Cc2noc(-c3csc(C4CCCO4)n3)n2)c1. The molecule has 1 aromatic carbocycles. The summed E-state index contributed by atoms with van der Waals surface area (Å²) in [5.41, 5.74) is 1.76. The summed E-state index contributed by atoms with van der Waals surface area (Å²) < 4.78 is 11.0. The van der Waals surface area contributed by atoms with Crippen LogP contribution in [-0.4, -0.2) is 21.7 Å². The Bertz CT molecular complexity index is 811. The van der Waals surface area contributed by atoms with E-state index in [0.29, 0.717) is 28.9 Å². The molecule has 1 aliphatic heterocycles. The summed E-state index contributed by atoms with van der Waals surface area (Å²) in [6.45, 7) is 0.809. The molecule has 1 atom stereocenters. The van der Waals surface area contributed by atoms with Gasteiger partial charge in [-0.25, -0.2) is 4.98 Å². The largest absolute Gasteiger partial charge is 0.371 e. The smallest absolute Gasteiger partial charge is 0.277 e. The number of rotatable bonds is 4. The van der Waals surface area contributed by atoms with Crippen LogP contribution in [0.2, 0.25) is 5.02 Å². The molecule has 1 saturated heterocycles. The molecular formula is C16H14ClN3O2S. The molecular weight excluding hydrogens is 334 g/mol. The standard InChI is InChI=1S/C16H14ClN3O2S/c17-11-4-1-3-10(7-11)8-14-19-15(22-20-14)12-9-23-16(18-12)13-5-2-6-21-13/h1,3-4,7,9,13H,2,5-6,8H2. The second kappa shape index (κ2) is 6.39. The van der Waals surface area contributed by atoms with Gasteiger partial charge in [0.2, 0.25) is 0 Å². The van der Waals surface area contributed by atoms with Crippen molar-refractivity contribution >= 4 is 22.9 Å². The van der Waals surface area contributed by atoms with E-state index in [1.807, 2.05) is 29.6 Å². The van der Waals surface area contributed by atoms with Crippen molar-refractivity contribution in [2.45, 2.75) is 25.4 Å². The van der Waals surface area contributed by atoms with Crippen LogP contribution in [0.5, 0.6) is 0 Å². The van der Waals surface area contributed by atoms with E-state index in [-0.39, 0.29) is 6.10 Å². The highest BCUT2D eigenvalue weighted by Gasteiger charge is 2.22. The minimum Gasteiger partial charge on any atom is -0.371 e. The van der Waals surface area contributed by atoms with Gasteiger partial charge >= 0.3 is 0 Å². The highest BCUT2D eigenvalue weighted by molar-refractivity contribution is 7.10. The molecule has 3 aromatic rings. The minimum absolute atomic E-state index is 0.114. The Balaban J connectivity index is 1.51. The van der Waals surface area contributed by atoms with Crippen molar-refractivity contribution in [3.8, 4) is 11.6 Å². The predicted molar refractivity (Wildman–Crippen MR) is 87.6 cm³/mol. The number of ether oxygens (including phenoxy) is 1. The molecule has 0 aliphatic carbocycles. The topological polar surface area (TPSA) is 61.0 Å². The maximum Gasteiger partial charge on any atom is 0.277 e. The molecule has 5 nitrogen and oxygen atoms in total. The van der Waals surface area contributed by atoms with E-state index < -0.39 is 0 Å². The summed E-state index contributed by atoms with van der Waals surface area (Å²) in [7, 11) is 0. The second-order valence-electron chi connectivity index (χ2n) is 5.40. The first kappa shape index (κ1) is 14.8. The van der Waals surface area contributed by atoms with Crippen molar-refractivity contribution in [2.75, 3.05) is 6.61 Å². The highest BCUT2D eigenvalue weighted by Crippen LogP contribution is 2.32. The van der Waals surface area contributed by atoms with Gasteiger partial charge in [0, 0.05) is 23.4 Å². The van der Waals surface area contributed by atoms with Gasteiger partial charge in [-0.2, -0.15) is 4.98 Å².